The molecule has 4 unspecified atom stereocenters. The van der Waals surface area contributed by atoms with Crippen LogP contribution in [-0.4, -0.2) is 197 Å². The first kappa shape index (κ1) is 70.7. The molecule has 10 aliphatic rings. The molecule has 6 heterocycles. The van der Waals surface area contributed by atoms with Crippen molar-refractivity contribution >= 4 is 30.1 Å². The van der Waals surface area contributed by atoms with Gasteiger partial charge in [0.15, 0.2) is 43.2 Å². The van der Waals surface area contributed by atoms with E-state index in [1.807, 2.05) is 39.8 Å². The maximum absolute atomic E-state index is 15.6. The van der Waals surface area contributed by atoms with Crippen LogP contribution in [0.25, 0.3) is 0 Å². The fourth-order valence-corrected chi connectivity index (χ4v) is 16.9. The number of fused-ring (bicyclic) bond motifs is 4. The Hall–Kier alpha value is -5.07. The van der Waals surface area contributed by atoms with Crippen molar-refractivity contribution in [3.8, 4) is 0 Å². The Bertz CT molecular complexity index is 2960. The zero-order valence-corrected chi connectivity index (χ0v) is 55.4. The summed E-state index contributed by atoms with van der Waals surface area (Å²) in [6.45, 7) is 21.0. The third-order valence-electron chi connectivity index (χ3n) is 21.7. The molecule has 2 bridgehead atoms. The fourth-order valence-electron chi connectivity index (χ4n) is 16.9. The lowest BCUT2D eigenvalue weighted by molar-refractivity contribution is -0.584. The van der Waals surface area contributed by atoms with E-state index in [4.69, 9.17) is 61.6 Å². The summed E-state index contributed by atoms with van der Waals surface area (Å²) in [7, 11) is 1.15. The SMILES string of the molecule is COC(=O)N[C@H]1[C@H](C)O[C@@H](O[C@@H]2C/C=C(\C)[C@H]3C=C[C@@H]4C(O[C@H]5C[C@H](O[C@H]6CCC(O[C@H]7C[C@H](O)C(O[C@H]8CC[C@@H](O)[C@H](C)O8)[C@H](C)O7)[C@H](C)O6)[C@@H](OC(C)=O)[C@H](C)O5)[C@H](C)C[C@H](C)[C@H]4[C@]3(C)/C(O)=C3\C(=O)OC4(CC(C=O)=C[C@H](O)[C@H]4/C=C/2C)C3=O)C[C@]1(C)[N+](=O)[O-]. The number of aliphatic hydroxyl groups is 4. The van der Waals surface area contributed by atoms with Gasteiger partial charge in [-0.3, -0.25) is 24.5 Å². The fraction of sp³-hybridized carbons (Fsp3) is 0.776. The Morgan fingerprint density at radius 2 is 1.35 bits per heavy atom. The summed E-state index contributed by atoms with van der Waals surface area (Å²) in [5.41, 5.74) is -4.91. The lowest BCUT2D eigenvalue weighted by atomic mass is 9.49. The van der Waals surface area contributed by atoms with Gasteiger partial charge in [0.2, 0.25) is 11.3 Å². The number of aliphatic hydroxyl groups excluding tert-OH is 4. The molecule has 0 aromatic heterocycles. The van der Waals surface area contributed by atoms with Crippen LogP contribution in [0, 0.1) is 51.0 Å². The van der Waals surface area contributed by atoms with Crippen molar-refractivity contribution in [1.82, 2.24) is 5.32 Å². The molecule has 93 heavy (non-hydrogen) atoms. The zero-order chi connectivity index (χ0) is 67.5. The Morgan fingerprint density at radius 3 is 2.01 bits per heavy atom. The van der Waals surface area contributed by atoms with Gasteiger partial charge in [0.25, 0.3) is 0 Å². The number of alkyl carbamates (subject to hydrolysis) is 1. The third kappa shape index (κ3) is 14.0. The second-order valence-electron chi connectivity index (χ2n) is 28.2. The molecule has 26 nitrogen and oxygen atoms in total. The largest absolute Gasteiger partial charge is 0.511 e. The smallest absolute Gasteiger partial charge is 0.407 e. The quantitative estimate of drug-likeness (QED) is 0.0240. The summed E-state index contributed by atoms with van der Waals surface area (Å²) in [5.74, 6) is -6.46. The number of aldehydes is 1. The molecule has 4 aliphatic carbocycles. The number of methoxy groups -OCH3 is 1. The van der Waals surface area contributed by atoms with E-state index < -0.39 is 210 Å². The van der Waals surface area contributed by atoms with Gasteiger partial charge in [0.05, 0.1) is 86.6 Å². The zero-order valence-electron chi connectivity index (χ0n) is 55.4. The van der Waals surface area contributed by atoms with Crippen LogP contribution in [-0.2, 0) is 80.8 Å². The molecule has 518 valence electrons. The maximum Gasteiger partial charge on any atom is 0.407 e. The Balaban J connectivity index is 0.904. The molecule has 0 aromatic rings. The molecule has 6 saturated heterocycles. The van der Waals surface area contributed by atoms with Gasteiger partial charge in [-0.25, -0.2) is 9.59 Å². The van der Waals surface area contributed by atoms with Crippen LogP contribution in [0.15, 0.2) is 58.4 Å². The van der Waals surface area contributed by atoms with Crippen LogP contribution >= 0.6 is 0 Å². The summed E-state index contributed by atoms with van der Waals surface area (Å²) in [6.07, 6.45) is -4.21. The maximum atomic E-state index is 15.6. The Morgan fingerprint density at radius 1 is 0.720 bits per heavy atom. The highest BCUT2D eigenvalue weighted by atomic mass is 16.8. The minimum atomic E-state index is -2.20. The van der Waals surface area contributed by atoms with E-state index in [0.717, 1.165) is 7.11 Å². The van der Waals surface area contributed by atoms with Gasteiger partial charge in [-0.05, 0) is 109 Å². The number of allylic oxidation sites excluding steroid dienone is 3. The first-order valence-electron chi connectivity index (χ1n) is 33.1. The molecule has 1 spiro atoms. The van der Waals surface area contributed by atoms with E-state index in [2.05, 4.69) is 25.2 Å². The molecule has 6 aliphatic heterocycles. The minimum absolute atomic E-state index is 0.00196. The molecule has 0 radical (unpaired) electrons. The molecule has 29 atom stereocenters. The number of carbonyl (C=O) groups is 5. The number of esters is 2. The number of carbonyl (C=O) groups excluding carboxylic acids is 5. The molecule has 1 amide bonds. The van der Waals surface area contributed by atoms with Crippen LogP contribution in [0.3, 0.4) is 0 Å². The number of ketones is 1. The standard InChI is InChI=1S/C67H96N2O24/c1-30-14-18-47(88-54-28-65(11,69(79)80)60(38(9)86-54)68-64(78)81-13)31(2)23-43-45(73)24-40(29-70)27-67(43)62(76)55(63(77)93-67)61(75)66(12)42(30)16-15-41-56(66)32(3)22-33(4)57(41)92-53-26-49(59(37(8)85-53)87-39(10)71)90-50-21-19-48(35(6)83-50)89-52-25-46(74)58(36(7)84-52)91-51-20-17-44(72)34(5)82-51/h14-16,23-24,29,32-38,41-54,56-60,72-75H,17-22,25-28H2,1-13H3,(H,68,78)/b30-14+,31-23+,61-55+/t32-,33+,34-,35-,36-,37-,38-,41-,42+,43+,44+,45-,46-,47+,48?,49-,50-,51-,52-,53-,54-,56+,57?,58?,59-,60-,65-,66+,67?/m0/s1. The third-order valence-corrected chi connectivity index (χ3v) is 21.7. The van der Waals surface area contributed by atoms with E-state index in [0.29, 0.717) is 49.5 Å². The first-order chi connectivity index (χ1) is 43.9. The summed E-state index contributed by atoms with van der Waals surface area (Å²) in [5, 5.41) is 62.0. The van der Waals surface area contributed by atoms with Crippen molar-refractivity contribution in [2.24, 2.45) is 40.9 Å². The van der Waals surface area contributed by atoms with Crippen molar-refractivity contribution in [2.45, 2.75) is 281 Å². The molecule has 26 heteroatoms. The number of nitrogens with zero attached hydrogens (tertiary/aromatic N) is 1. The normalized spacial score (nSPS) is 48.2. The predicted molar refractivity (Wildman–Crippen MR) is 325 cm³/mol. The summed E-state index contributed by atoms with van der Waals surface area (Å²) in [6, 6.07) is -1.12. The van der Waals surface area contributed by atoms with Crippen LogP contribution in [0.4, 0.5) is 4.79 Å². The van der Waals surface area contributed by atoms with Crippen molar-refractivity contribution in [2.75, 3.05) is 7.11 Å². The molecule has 10 rings (SSSR count). The Kier molecular flexibility index (Phi) is 21.4. The van der Waals surface area contributed by atoms with Crippen LogP contribution in [0.1, 0.15) is 147 Å². The minimum Gasteiger partial charge on any atom is -0.511 e. The van der Waals surface area contributed by atoms with Gasteiger partial charge < -0.3 is 87.3 Å². The number of hydrogen-bond donors (Lipinski definition) is 5. The van der Waals surface area contributed by atoms with E-state index in [-0.39, 0.29) is 43.1 Å². The van der Waals surface area contributed by atoms with E-state index in [1.165, 1.54) is 19.9 Å². The highest BCUT2D eigenvalue weighted by molar-refractivity contribution is 6.26. The number of amides is 1. The average molecular weight is 1310 g/mol. The number of rotatable bonds is 14. The number of ether oxygens (including phenoxy) is 13. The van der Waals surface area contributed by atoms with Crippen molar-refractivity contribution in [3.63, 3.8) is 0 Å². The summed E-state index contributed by atoms with van der Waals surface area (Å²) < 4.78 is 81.5. The molecular formula is C67H96N2O24. The number of Topliss-reactive ketones (excluding diaryl/α,β-unsaturated/α-hetero) is 1. The second-order valence-corrected chi connectivity index (χ2v) is 28.2. The summed E-state index contributed by atoms with van der Waals surface area (Å²) in [4.78, 5) is 80.4. The lowest BCUT2D eigenvalue weighted by Gasteiger charge is -2.56. The van der Waals surface area contributed by atoms with Gasteiger partial charge in [-0.15, -0.1) is 0 Å². The van der Waals surface area contributed by atoms with Crippen LogP contribution in [0.5, 0.6) is 0 Å². The van der Waals surface area contributed by atoms with E-state index in [1.54, 1.807) is 33.8 Å². The molecule has 7 fully saturated rings. The second kappa shape index (κ2) is 28.2. The highest BCUT2D eigenvalue weighted by Crippen LogP contribution is 2.61. The number of hydrogen-bond acceptors (Lipinski definition) is 24. The average Bonchev–Trinajstić information content (AvgIpc) is 1.68. The number of nitrogens with one attached hydrogen (secondary N) is 1. The van der Waals surface area contributed by atoms with E-state index >= 15 is 4.79 Å². The molecular weight excluding hydrogens is 1220 g/mol. The van der Waals surface area contributed by atoms with Crippen LogP contribution < -0.4 is 5.32 Å². The monoisotopic (exact) mass is 1310 g/mol. The van der Waals surface area contributed by atoms with Gasteiger partial charge in [-0.2, -0.15) is 0 Å². The van der Waals surface area contributed by atoms with Crippen molar-refractivity contribution in [1.29, 1.82) is 0 Å². The topological polar surface area (TPSA) is 341 Å². The van der Waals surface area contributed by atoms with Gasteiger partial charge >= 0.3 is 18.0 Å². The summed E-state index contributed by atoms with van der Waals surface area (Å²) >= 11 is 0. The highest BCUT2D eigenvalue weighted by Gasteiger charge is 2.65. The lowest BCUT2D eigenvalue weighted by Crippen LogP contribution is -2.65. The number of nitro groups is 1. The van der Waals surface area contributed by atoms with Crippen molar-refractivity contribution < 1.29 is 111 Å². The first-order valence-corrected chi connectivity index (χ1v) is 33.1. The van der Waals surface area contributed by atoms with Gasteiger partial charge in [0, 0.05) is 68.1 Å². The Labute approximate surface area is 542 Å². The van der Waals surface area contributed by atoms with Gasteiger partial charge in [0.1, 0.15) is 35.9 Å². The molecule has 1 saturated carbocycles. The van der Waals surface area contributed by atoms with Crippen molar-refractivity contribution in [3.05, 3.63) is 68.5 Å². The molecule has 0 aromatic carbocycles. The molecule has 5 N–H and O–H groups in total. The van der Waals surface area contributed by atoms with Gasteiger partial charge in [-0.1, -0.05) is 50.6 Å². The van der Waals surface area contributed by atoms with Crippen LogP contribution in [0.2, 0.25) is 0 Å². The van der Waals surface area contributed by atoms with E-state index in [9.17, 15) is 49.7 Å². The predicted octanol–water partition coefficient (Wildman–Crippen LogP) is 6.36.